The molecule has 0 unspecified atom stereocenters. The number of thioether (sulfide) groups is 2. The van der Waals surface area contributed by atoms with E-state index in [0.717, 1.165) is 29.9 Å². The molecule has 2 aromatic rings. The highest BCUT2D eigenvalue weighted by Crippen LogP contribution is 2.46. The Balaban J connectivity index is 1.64. The molecule has 2 aromatic carbocycles. The zero-order chi connectivity index (χ0) is 18.4. The molecule has 3 heteroatoms. The Bertz CT molecular complexity index is 688. The summed E-state index contributed by atoms with van der Waals surface area (Å²) in [6, 6.07) is 14.2. The molecule has 26 heavy (non-hydrogen) atoms. The highest BCUT2D eigenvalue weighted by molar-refractivity contribution is 8.16. The van der Waals surface area contributed by atoms with Crippen LogP contribution in [0.3, 0.4) is 0 Å². The average Bonchev–Trinajstić information content (AvgIpc) is 2.67. The normalized spacial score (nSPS) is 20.3. The first-order valence-corrected chi connectivity index (χ1v) is 11.9. The summed E-state index contributed by atoms with van der Waals surface area (Å²) in [6.07, 6.45) is 6.00. The summed E-state index contributed by atoms with van der Waals surface area (Å²) >= 11 is 4.15. The van der Waals surface area contributed by atoms with Gasteiger partial charge in [0.05, 0.1) is 4.58 Å². The van der Waals surface area contributed by atoms with Crippen LogP contribution in [0.1, 0.15) is 55.2 Å². The Labute approximate surface area is 166 Å². The van der Waals surface area contributed by atoms with Crippen LogP contribution in [0, 0.1) is 11.7 Å². The van der Waals surface area contributed by atoms with Crippen LogP contribution in [0.4, 0.5) is 4.39 Å². The zero-order valence-electron chi connectivity index (χ0n) is 15.8. The number of hydrogen-bond donors (Lipinski definition) is 0. The molecule has 0 N–H and O–H groups in total. The lowest BCUT2D eigenvalue weighted by molar-refractivity contribution is 0.562. The monoisotopic (exact) mass is 388 g/mol. The Morgan fingerprint density at radius 1 is 0.962 bits per heavy atom. The van der Waals surface area contributed by atoms with E-state index in [4.69, 9.17) is 0 Å². The van der Waals surface area contributed by atoms with Crippen LogP contribution in [-0.2, 0) is 6.42 Å². The van der Waals surface area contributed by atoms with Gasteiger partial charge in [-0.05, 0) is 53.0 Å². The molecular weight excluding hydrogens is 359 g/mol. The third kappa shape index (κ3) is 5.07. The van der Waals surface area contributed by atoms with E-state index in [9.17, 15) is 4.39 Å². The molecule has 0 aromatic heterocycles. The second-order valence-corrected chi connectivity index (χ2v) is 9.77. The lowest BCUT2D eigenvalue weighted by Crippen LogP contribution is -2.14. The Morgan fingerprint density at radius 2 is 1.69 bits per heavy atom. The molecule has 0 atom stereocenters. The van der Waals surface area contributed by atoms with Crippen LogP contribution in [0.2, 0.25) is 0 Å². The first-order chi connectivity index (χ1) is 12.7. The van der Waals surface area contributed by atoms with Crippen molar-refractivity contribution < 1.29 is 4.39 Å². The summed E-state index contributed by atoms with van der Waals surface area (Å²) in [5.41, 5.74) is 4.12. The summed E-state index contributed by atoms with van der Waals surface area (Å²) in [6.45, 7) is 4.39. The number of hydrogen-bond acceptors (Lipinski definition) is 2. The lowest BCUT2D eigenvalue weighted by Gasteiger charge is -2.28. The largest absolute Gasteiger partial charge is 0.206 e. The molecule has 0 bridgehead atoms. The van der Waals surface area contributed by atoms with Crippen molar-refractivity contribution in [2.24, 2.45) is 5.92 Å². The van der Waals surface area contributed by atoms with Crippen LogP contribution in [0.15, 0.2) is 42.5 Å². The van der Waals surface area contributed by atoms with Gasteiger partial charge in [0.25, 0.3) is 0 Å². The van der Waals surface area contributed by atoms with Gasteiger partial charge in [-0.15, -0.1) is 23.5 Å². The molecule has 0 spiro atoms. The Kier molecular flexibility index (Phi) is 7.51. The van der Waals surface area contributed by atoms with Crippen molar-refractivity contribution >= 4 is 23.5 Å². The minimum absolute atomic E-state index is 0.108. The molecular formula is C23H29FS2. The van der Waals surface area contributed by atoms with Crippen molar-refractivity contribution in [3.8, 4) is 11.1 Å². The molecule has 0 saturated carbocycles. The van der Waals surface area contributed by atoms with Crippen LogP contribution in [0.5, 0.6) is 0 Å². The molecule has 1 heterocycles. The molecule has 1 fully saturated rings. The van der Waals surface area contributed by atoms with Crippen LogP contribution < -0.4 is 0 Å². The van der Waals surface area contributed by atoms with Gasteiger partial charge in [0.2, 0.25) is 0 Å². The standard InChI is InChI=1S/C23H29FS2/c1-3-5-7-18-15-25-23(26-16-18)20-11-9-19(10-12-20)21-13-8-17(6-4-2)14-22(21)24/h8-14,18,23H,3-7,15-16H2,1-2H3. The first kappa shape index (κ1) is 19.8. The van der Waals surface area contributed by atoms with Gasteiger partial charge in [-0.1, -0.05) is 69.5 Å². The topological polar surface area (TPSA) is 0 Å². The molecule has 0 radical (unpaired) electrons. The molecule has 3 rings (SSSR count). The van der Waals surface area contributed by atoms with Gasteiger partial charge in [0.15, 0.2) is 0 Å². The molecule has 0 amide bonds. The van der Waals surface area contributed by atoms with E-state index in [0.29, 0.717) is 10.1 Å². The van der Waals surface area contributed by atoms with Crippen LogP contribution in [0.25, 0.3) is 11.1 Å². The Morgan fingerprint density at radius 3 is 2.31 bits per heavy atom. The van der Waals surface area contributed by atoms with Gasteiger partial charge >= 0.3 is 0 Å². The van der Waals surface area contributed by atoms with E-state index in [1.165, 1.54) is 36.3 Å². The second kappa shape index (κ2) is 9.85. The average molecular weight is 389 g/mol. The SMILES string of the molecule is CCCCC1CSC(c2ccc(-c3ccc(CCC)cc3F)cc2)SC1. The first-order valence-electron chi connectivity index (χ1n) is 9.83. The van der Waals surface area contributed by atoms with Crippen molar-refractivity contribution in [1.82, 2.24) is 0 Å². The van der Waals surface area contributed by atoms with Gasteiger partial charge in [0, 0.05) is 5.56 Å². The van der Waals surface area contributed by atoms with E-state index < -0.39 is 0 Å². The summed E-state index contributed by atoms with van der Waals surface area (Å²) in [7, 11) is 0. The smallest absolute Gasteiger partial charge is 0.131 e. The van der Waals surface area contributed by atoms with Crippen molar-refractivity contribution in [3.63, 3.8) is 0 Å². The molecule has 1 aliphatic rings. The van der Waals surface area contributed by atoms with Crippen LogP contribution in [-0.4, -0.2) is 11.5 Å². The molecule has 0 aliphatic carbocycles. The zero-order valence-corrected chi connectivity index (χ0v) is 17.5. The van der Waals surface area contributed by atoms with Crippen LogP contribution >= 0.6 is 23.5 Å². The van der Waals surface area contributed by atoms with E-state index in [-0.39, 0.29) is 5.82 Å². The number of aryl methyl sites for hydroxylation is 1. The maximum absolute atomic E-state index is 14.5. The quantitative estimate of drug-likeness (QED) is 0.476. The van der Waals surface area contributed by atoms with E-state index >= 15 is 0 Å². The molecule has 1 aliphatic heterocycles. The number of unbranched alkanes of at least 4 members (excludes halogenated alkanes) is 1. The number of rotatable bonds is 7. The van der Waals surface area contributed by atoms with E-state index in [1.807, 2.05) is 6.07 Å². The maximum Gasteiger partial charge on any atom is 0.131 e. The van der Waals surface area contributed by atoms with Crippen molar-refractivity contribution in [3.05, 3.63) is 59.4 Å². The number of benzene rings is 2. The highest BCUT2D eigenvalue weighted by atomic mass is 32.2. The summed E-state index contributed by atoms with van der Waals surface area (Å²) < 4.78 is 15.0. The van der Waals surface area contributed by atoms with Gasteiger partial charge in [-0.2, -0.15) is 0 Å². The molecule has 140 valence electrons. The second-order valence-electron chi connectivity index (χ2n) is 7.19. The van der Waals surface area contributed by atoms with Gasteiger partial charge in [-0.25, -0.2) is 4.39 Å². The third-order valence-electron chi connectivity index (χ3n) is 5.00. The van der Waals surface area contributed by atoms with Crippen molar-refractivity contribution in [1.29, 1.82) is 0 Å². The molecule has 0 nitrogen and oxygen atoms in total. The predicted octanol–water partition coefficient (Wildman–Crippen LogP) is 7.73. The molecule has 1 saturated heterocycles. The van der Waals surface area contributed by atoms with Gasteiger partial charge in [0.1, 0.15) is 5.82 Å². The predicted molar refractivity (Wildman–Crippen MR) is 117 cm³/mol. The summed E-state index contributed by atoms with van der Waals surface area (Å²) in [4.78, 5) is 0. The number of halogens is 1. The van der Waals surface area contributed by atoms with E-state index in [2.05, 4.69) is 67.7 Å². The summed E-state index contributed by atoms with van der Waals surface area (Å²) in [5, 5.41) is 0. The fourth-order valence-electron chi connectivity index (χ4n) is 3.45. The van der Waals surface area contributed by atoms with Crippen molar-refractivity contribution in [2.75, 3.05) is 11.5 Å². The minimum atomic E-state index is -0.108. The van der Waals surface area contributed by atoms with Crippen molar-refractivity contribution in [2.45, 2.75) is 50.5 Å². The highest BCUT2D eigenvalue weighted by Gasteiger charge is 2.23. The summed E-state index contributed by atoms with van der Waals surface area (Å²) in [5.74, 6) is 3.31. The fourth-order valence-corrected chi connectivity index (χ4v) is 6.62. The minimum Gasteiger partial charge on any atom is -0.206 e. The fraction of sp³-hybridized carbons (Fsp3) is 0.478. The lowest BCUT2D eigenvalue weighted by atomic mass is 10.0. The Hall–Kier alpha value is -0.930. The van der Waals surface area contributed by atoms with Gasteiger partial charge < -0.3 is 0 Å². The maximum atomic E-state index is 14.5. The third-order valence-corrected chi connectivity index (χ3v) is 8.29. The van der Waals surface area contributed by atoms with Gasteiger partial charge in [-0.3, -0.25) is 0 Å². The van der Waals surface area contributed by atoms with E-state index in [1.54, 1.807) is 6.07 Å².